The molecule has 0 N–H and O–H groups in total. The minimum absolute atomic E-state index is 0.0951. The lowest BCUT2D eigenvalue weighted by molar-refractivity contribution is -0.199. The molecule has 0 aromatic heterocycles. The molecular weight excluding hydrogens is 340 g/mol. The number of carbonyl (C=O) groups is 1. The summed E-state index contributed by atoms with van der Waals surface area (Å²) < 4.78 is 33.9. The Morgan fingerprint density at radius 3 is 2.58 bits per heavy atom. The lowest BCUT2D eigenvalue weighted by Crippen LogP contribution is -2.63. The molecule has 26 heavy (non-hydrogen) atoms. The lowest BCUT2D eigenvalue weighted by Gasteiger charge is -2.52. The van der Waals surface area contributed by atoms with Crippen molar-refractivity contribution in [3.63, 3.8) is 0 Å². The van der Waals surface area contributed by atoms with Gasteiger partial charge in [-0.05, 0) is 32.3 Å². The van der Waals surface area contributed by atoms with Crippen LogP contribution >= 0.6 is 0 Å². The van der Waals surface area contributed by atoms with Gasteiger partial charge in [0.2, 0.25) is 0 Å². The van der Waals surface area contributed by atoms with Crippen molar-refractivity contribution < 1.29 is 33.2 Å². The summed E-state index contributed by atoms with van der Waals surface area (Å²) in [5.74, 6) is -0.924. The van der Waals surface area contributed by atoms with Crippen LogP contribution in [0.1, 0.15) is 33.6 Å². The summed E-state index contributed by atoms with van der Waals surface area (Å²) in [6.07, 6.45) is 2.31. The van der Waals surface area contributed by atoms with Crippen LogP contribution in [0.2, 0.25) is 0 Å². The highest BCUT2D eigenvalue weighted by molar-refractivity contribution is 5.89. The quantitative estimate of drug-likeness (QED) is 0.386. The van der Waals surface area contributed by atoms with Crippen LogP contribution in [0.15, 0.2) is 11.6 Å². The Hall–Kier alpha value is -0.830. The third-order valence-corrected chi connectivity index (χ3v) is 5.73. The van der Waals surface area contributed by atoms with Crippen molar-refractivity contribution in [3.8, 4) is 0 Å². The van der Waals surface area contributed by atoms with Gasteiger partial charge >= 0.3 is 0 Å². The highest BCUT2D eigenvalue weighted by Crippen LogP contribution is 2.54. The van der Waals surface area contributed by atoms with Crippen LogP contribution in [0.5, 0.6) is 0 Å². The summed E-state index contributed by atoms with van der Waals surface area (Å²) >= 11 is 0. The normalized spacial score (nSPS) is 38.7. The molecule has 0 unspecified atom stereocenters. The standard InChI is InChI=1S/C19H30O7/c1-18(2)25-15-14(20)13-8-6-7-12(9-23-10-21-4)19(13,3)17(16(15)26-18)24-11-22-5/h7,13,15-17H,6,8-11H2,1-5H3/t13-,15+,16-,17+,19-/m1/s1. The average molecular weight is 370 g/mol. The van der Waals surface area contributed by atoms with Crippen molar-refractivity contribution in [2.75, 3.05) is 34.4 Å². The number of hydrogen-bond acceptors (Lipinski definition) is 7. The van der Waals surface area contributed by atoms with Gasteiger partial charge in [0, 0.05) is 25.6 Å². The number of methoxy groups -OCH3 is 2. The van der Waals surface area contributed by atoms with Gasteiger partial charge in [0.05, 0.1) is 12.7 Å². The molecule has 2 fully saturated rings. The molecule has 1 saturated carbocycles. The Morgan fingerprint density at radius 2 is 1.88 bits per heavy atom. The molecule has 0 aromatic carbocycles. The van der Waals surface area contributed by atoms with Crippen LogP contribution in [-0.4, -0.2) is 64.3 Å². The fourth-order valence-electron chi connectivity index (χ4n) is 4.62. The first-order valence-corrected chi connectivity index (χ1v) is 9.11. The Kier molecular flexibility index (Phi) is 5.86. The molecule has 0 radical (unpaired) electrons. The number of ketones is 1. The van der Waals surface area contributed by atoms with E-state index in [9.17, 15) is 4.79 Å². The van der Waals surface area contributed by atoms with Gasteiger partial charge < -0.3 is 28.4 Å². The molecule has 2 aliphatic carbocycles. The van der Waals surface area contributed by atoms with Crippen LogP contribution in [0.25, 0.3) is 0 Å². The van der Waals surface area contributed by atoms with E-state index in [2.05, 4.69) is 13.0 Å². The first-order valence-electron chi connectivity index (χ1n) is 9.11. The topological polar surface area (TPSA) is 72.5 Å². The number of hydrogen-bond donors (Lipinski definition) is 0. The zero-order chi connectivity index (χ0) is 18.9. The molecule has 0 bridgehead atoms. The maximum Gasteiger partial charge on any atom is 0.168 e. The van der Waals surface area contributed by atoms with Gasteiger partial charge in [0.25, 0.3) is 0 Å². The Balaban J connectivity index is 1.95. The second-order valence-electron chi connectivity index (χ2n) is 7.81. The fraction of sp³-hybridized carbons (Fsp3) is 0.842. The molecule has 0 spiro atoms. The second-order valence-corrected chi connectivity index (χ2v) is 7.81. The van der Waals surface area contributed by atoms with Gasteiger partial charge in [-0.2, -0.15) is 0 Å². The monoisotopic (exact) mass is 370 g/mol. The SMILES string of the molecule is COCOCC1=CCC[C@@H]2C(=O)[C@@H]3OC(C)(C)O[C@H]3[C@H](OCOC)[C@]12C. The summed E-state index contributed by atoms with van der Waals surface area (Å²) in [6, 6.07) is 0. The van der Waals surface area contributed by atoms with Crippen LogP contribution < -0.4 is 0 Å². The van der Waals surface area contributed by atoms with Crippen molar-refractivity contribution in [3.05, 3.63) is 11.6 Å². The minimum atomic E-state index is -0.819. The molecule has 3 rings (SSSR count). The highest BCUT2D eigenvalue weighted by Gasteiger charge is 2.64. The van der Waals surface area contributed by atoms with Gasteiger partial charge in [-0.3, -0.25) is 4.79 Å². The predicted molar refractivity (Wildman–Crippen MR) is 92.3 cm³/mol. The number of carbonyl (C=O) groups excluding carboxylic acids is 1. The number of ether oxygens (including phenoxy) is 6. The van der Waals surface area contributed by atoms with E-state index in [-0.39, 0.29) is 31.4 Å². The molecule has 0 amide bonds. The average Bonchev–Trinajstić information content (AvgIpc) is 2.91. The molecule has 1 aliphatic heterocycles. The highest BCUT2D eigenvalue weighted by atomic mass is 16.8. The largest absolute Gasteiger partial charge is 0.359 e. The van der Waals surface area contributed by atoms with E-state index < -0.39 is 23.4 Å². The number of fused-ring (bicyclic) bond motifs is 2. The molecule has 7 heteroatoms. The molecular formula is C19H30O7. The second kappa shape index (κ2) is 7.66. The van der Waals surface area contributed by atoms with Crippen molar-refractivity contribution in [2.24, 2.45) is 11.3 Å². The first-order chi connectivity index (χ1) is 12.3. The zero-order valence-corrected chi connectivity index (χ0v) is 16.3. The van der Waals surface area contributed by atoms with Gasteiger partial charge in [0.1, 0.15) is 25.8 Å². The van der Waals surface area contributed by atoms with E-state index in [0.717, 1.165) is 18.4 Å². The summed E-state index contributed by atoms with van der Waals surface area (Å²) in [5, 5.41) is 0. The van der Waals surface area contributed by atoms with Crippen LogP contribution in [0.3, 0.4) is 0 Å². The first kappa shape index (κ1) is 19.9. The summed E-state index contributed by atoms with van der Waals surface area (Å²) in [5.41, 5.74) is 0.513. The van der Waals surface area contributed by atoms with Gasteiger partial charge in [-0.15, -0.1) is 0 Å². The van der Waals surface area contributed by atoms with Crippen LogP contribution in [-0.2, 0) is 33.2 Å². The van der Waals surface area contributed by atoms with E-state index in [0.29, 0.717) is 6.61 Å². The molecule has 7 nitrogen and oxygen atoms in total. The van der Waals surface area contributed by atoms with E-state index in [4.69, 9.17) is 28.4 Å². The smallest absolute Gasteiger partial charge is 0.168 e. The zero-order valence-electron chi connectivity index (χ0n) is 16.3. The van der Waals surface area contributed by atoms with Crippen LogP contribution in [0.4, 0.5) is 0 Å². The molecule has 3 aliphatic rings. The molecule has 1 saturated heterocycles. The summed E-state index contributed by atoms with van der Waals surface area (Å²) in [7, 11) is 3.17. The van der Waals surface area contributed by atoms with E-state index >= 15 is 0 Å². The fourth-order valence-corrected chi connectivity index (χ4v) is 4.62. The molecule has 148 valence electrons. The number of rotatable bonds is 7. The predicted octanol–water partition coefficient (Wildman–Crippen LogP) is 2.04. The lowest BCUT2D eigenvalue weighted by atomic mass is 9.56. The van der Waals surface area contributed by atoms with E-state index in [1.807, 2.05) is 13.8 Å². The molecule has 5 atom stereocenters. The van der Waals surface area contributed by atoms with Crippen LogP contribution in [0, 0.1) is 11.3 Å². The third-order valence-electron chi connectivity index (χ3n) is 5.73. The van der Waals surface area contributed by atoms with E-state index in [1.54, 1.807) is 14.2 Å². The Bertz CT molecular complexity index is 558. The summed E-state index contributed by atoms with van der Waals surface area (Å²) in [4.78, 5) is 13.2. The van der Waals surface area contributed by atoms with Crippen molar-refractivity contribution in [2.45, 2.75) is 57.7 Å². The van der Waals surface area contributed by atoms with Gasteiger partial charge in [-0.25, -0.2) is 0 Å². The van der Waals surface area contributed by atoms with Gasteiger partial charge in [0.15, 0.2) is 11.6 Å². The van der Waals surface area contributed by atoms with Crippen molar-refractivity contribution in [1.82, 2.24) is 0 Å². The van der Waals surface area contributed by atoms with E-state index in [1.165, 1.54) is 0 Å². The number of allylic oxidation sites excluding steroid dienone is 1. The maximum absolute atomic E-state index is 13.2. The van der Waals surface area contributed by atoms with Crippen molar-refractivity contribution in [1.29, 1.82) is 0 Å². The van der Waals surface area contributed by atoms with Crippen molar-refractivity contribution >= 4 is 5.78 Å². The third kappa shape index (κ3) is 3.37. The molecule has 1 heterocycles. The number of Topliss-reactive ketones (excluding diaryl/α,β-unsaturated/α-hetero) is 1. The Labute approximate surface area is 154 Å². The molecule has 0 aromatic rings. The Morgan fingerprint density at radius 1 is 1.15 bits per heavy atom. The van der Waals surface area contributed by atoms with Gasteiger partial charge in [-0.1, -0.05) is 13.0 Å². The minimum Gasteiger partial charge on any atom is -0.359 e. The summed E-state index contributed by atoms with van der Waals surface area (Å²) in [6.45, 7) is 6.45. The maximum atomic E-state index is 13.2.